The first kappa shape index (κ1) is 11.4. The van der Waals surface area contributed by atoms with Gasteiger partial charge in [-0.1, -0.05) is 0 Å². The van der Waals surface area contributed by atoms with E-state index in [1.165, 1.54) is 21.6 Å². The van der Waals surface area contributed by atoms with E-state index in [0.717, 1.165) is 12.8 Å². The molecular formula is C13H15NOS. The standard InChI is InChI=1S/C13H15NOS/c1-9-6-11(16-3)7-12(10(9)2)13(4-5-13)14-8-15/h6-7H,4-5H2,1-3H3. The van der Waals surface area contributed by atoms with Crippen molar-refractivity contribution in [3.05, 3.63) is 28.8 Å². The Labute approximate surface area is 100 Å². The molecule has 2 nitrogen and oxygen atoms in total. The van der Waals surface area contributed by atoms with Crippen molar-refractivity contribution in [1.82, 2.24) is 0 Å². The number of nitrogens with zero attached hydrogens (tertiary/aromatic N) is 1. The lowest BCUT2D eigenvalue weighted by atomic mass is 9.96. The first-order chi connectivity index (χ1) is 7.63. The van der Waals surface area contributed by atoms with Crippen LogP contribution in [-0.4, -0.2) is 12.3 Å². The highest BCUT2D eigenvalue weighted by Gasteiger charge is 2.46. The first-order valence-corrected chi connectivity index (χ1v) is 6.60. The summed E-state index contributed by atoms with van der Waals surface area (Å²) in [6.07, 6.45) is 5.73. The predicted octanol–water partition coefficient (Wildman–Crippen LogP) is 3.35. The summed E-state index contributed by atoms with van der Waals surface area (Å²) >= 11 is 1.73. The molecule has 0 N–H and O–H groups in total. The van der Waals surface area contributed by atoms with Crippen LogP contribution in [0, 0.1) is 13.8 Å². The fourth-order valence-electron chi connectivity index (χ4n) is 2.07. The number of hydrogen-bond acceptors (Lipinski definition) is 3. The Hall–Kier alpha value is -1.05. The summed E-state index contributed by atoms with van der Waals surface area (Å²) in [5, 5.41) is 0. The minimum atomic E-state index is -0.248. The van der Waals surface area contributed by atoms with Gasteiger partial charge in [0.25, 0.3) is 0 Å². The van der Waals surface area contributed by atoms with E-state index in [4.69, 9.17) is 0 Å². The molecule has 1 fully saturated rings. The van der Waals surface area contributed by atoms with Gasteiger partial charge in [0.1, 0.15) is 0 Å². The minimum Gasteiger partial charge on any atom is -0.211 e. The highest BCUT2D eigenvalue weighted by molar-refractivity contribution is 7.98. The number of aryl methyl sites for hydroxylation is 1. The smallest absolute Gasteiger partial charge is 0.211 e. The molecule has 1 aliphatic carbocycles. The fraction of sp³-hybridized carbons (Fsp3) is 0.462. The van der Waals surface area contributed by atoms with Crippen molar-refractivity contribution in [2.45, 2.75) is 37.1 Å². The molecule has 0 spiro atoms. The summed E-state index contributed by atoms with van der Waals surface area (Å²) in [6.45, 7) is 4.22. The highest BCUT2D eigenvalue weighted by atomic mass is 32.2. The monoisotopic (exact) mass is 233 g/mol. The molecule has 3 heteroatoms. The molecule has 1 aromatic carbocycles. The molecule has 0 aromatic heterocycles. The number of hydrogen-bond donors (Lipinski definition) is 0. The summed E-state index contributed by atoms with van der Waals surface area (Å²) in [4.78, 5) is 15.7. The first-order valence-electron chi connectivity index (χ1n) is 5.38. The van der Waals surface area contributed by atoms with Crippen LogP contribution in [0.3, 0.4) is 0 Å². The molecule has 0 saturated heterocycles. The van der Waals surface area contributed by atoms with Gasteiger partial charge in [0.15, 0.2) is 0 Å². The van der Waals surface area contributed by atoms with Gasteiger partial charge < -0.3 is 0 Å². The van der Waals surface area contributed by atoms with Crippen molar-refractivity contribution >= 4 is 17.8 Å². The number of thioether (sulfide) groups is 1. The molecule has 0 heterocycles. The largest absolute Gasteiger partial charge is 0.235 e. The molecule has 0 unspecified atom stereocenters. The van der Waals surface area contributed by atoms with Crippen LogP contribution in [0.1, 0.15) is 29.5 Å². The van der Waals surface area contributed by atoms with Gasteiger partial charge in [0.2, 0.25) is 6.08 Å². The second-order valence-corrected chi connectivity index (χ2v) is 5.23. The third kappa shape index (κ3) is 1.81. The maximum atomic E-state index is 10.5. The van der Waals surface area contributed by atoms with Crippen molar-refractivity contribution in [2.24, 2.45) is 4.99 Å². The van der Waals surface area contributed by atoms with Crippen molar-refractivity contribution in [1.29, 1.82) is 0 Å². The topological polar surface area (TPSA) is 29.4 Å². The van der Waals surface area contributed by atoms with Gasteiger partial charge in [-0.25, -0.2) is 4.79 Å². The molecule has 0 atom stereocenters. The molecule has 0 amide bonds. The van der Waals surface area contributed by atoms with Gasteiger partial charge in [-0.15, -0.1) is 11.8 Å². The zero-order valence-corrected chi connectivity index (χ0v) is 10.6. The Balaban J connectivity index is 2.55. The van der Waals surface area contributed by atoms with Crippen LogP contribution >= 0.6 is 11.8 Å². The van der Waals surface area contributed by atoms with Crippen LogP contribution in [0.5, 0.6) is 0 Å². The Morgan fingerprint density at radius 1 is 1.38 bits per heavy atom. The minimum absolute atomic E-state index is 0.248. The van der Waals surface area contributed by atoms with Gasteiger partial charge in [-0.3, -0.25) is 0 Å². The van der Waals surface area contributed by atoms with E-state index in [9.17, 15) is 4.79 Å². The van der Waals surface area contributed by atoms with Crippen molar-refractivity contribution in [2.75, 3.05) is 6.26 Å². The Bertz CT molecular complexity index is 471. The third-order valence-electron chi connectivity index (χ3n) is 3.36. The van der Waals surface area contributed by atoms with E-state index < -0.39 is 0 Å². The average molecular weight is 233 g/mol. The summed E-state index contributed by atoms with van der Waals surface area (Å²) in [5.41, 5.74) is 3.49. The van der Waals surface area contributed by atoms with Gasteiger partial charge in [0, 0.05) is 4.90 Å². The van der Waals surface area contributed by atoms with E-state index in [0.29, 0.717) is 0 Å². The summed E-state index contributed by atoms with van der Waals surface area (Å²) in [5.74, 6) is 0. The average Bonchev–Trinajstić information content (AvgIpc) is 3.03. The molecule has 0 radical (unpaired) electrons. The van der Waals surface area contributed by atoms with Crippen LogP contribution in [0.25, 0.3) is 0 Å². The van der Waals surface area contributed by atoms with Gasteiger partial charge in [-0.05, 0) is 61.8 Å². The number of carbonyl (C=O) groups excluding carboxylic acids is 1. The van der Waals surface area contributed by atoms with E-state index in [1.54, 1.807) is 17.8 Å². The second kappa shape index (κ2) is 4.08. The number of rotatable bonds is 3. The maximum Gasteiger partial charge on any atom is 0.235 e. The van der Waals surface area contributed by atoms with E-state index >= 15 is 0 Å². The van der Waals surface area contributed by atoms with Crippen molar-refractivity contribution in [3.8, 4) is 0 Å². The SMILES string of the molecule is CSc1cc(C)c(C)c(C2(N=C=O)CC2)c1. The number of benzene rings is 1. The number of isocyanates is 1. The summed E-state index contributed by atoms with van der Waals surface area (Å²) in [7, 11) is 0. The van der Waals surface area contributed by atoms with E-state index in [2.05, 4.69) is 37.2 Å². The summed E-state index contributed by atoms with van der Waals surface area (Å²) < 4.78 is 0. The zero-order valence-electron chi connectivity index (χ0n) is 9.83. The highest BCUT2D eigenvalue weighted by Crippen LogP contribution is 2.51. The Morgan fingerprint density at radius 2 is 2.06 bits per heavy atom. The molecule has 0 bridgehead atoms. The van der Waals surface area contributed by atoms with Crippen molar-refractivity contribution in [3.63, 3.8) is 0 Å². The quantitative estimate of drug-likeness (QED) is 0.455. The van der Waals surface area contributed by atoms with E-state index in [1.807, 2.05) is 0 Å². The van der Waals surface area contributed by atoms with Gasteiger partial charge in [-0.2, -0.15) is 4.99 Å². The van der Waals surface area contributed by atoms with Crippen LogP contribution in [0.2, 0.25) is 0 Å². The zero-order chi connectivity index (χ0) is 11.8. The molecule has 1 aromatic rings. The second-order valence-electron chi connectivity index (χ2n) is 4.35. The molecular weight excluding hydrogens is 218 g/mol. The van der Waals surface area contributed by atoms with Crippen LogP contribution in [0.15, 0.2) is 22.0 Å². The lowest BCUT2D eigenvalue weighted by molar-refractivity contribution is 0.556. The summed E-state index contributed by atoms with van der Waals surface area (Å²) in [6, 6.07) is 4.35. The Morgan fingerprint density at radius 3 is 2.56 bits per heavy atom. The molecule has 16 heavy (non-hydrogen) atoms. The molecule has 0 aliphatic heterocycles. The molecule has 2 rings (SSSR count). The predicted molar refractivity (Wildman–Crippen MR) is 66.7 cm³/mol. The molecule has 84 valence electrons. The van der Waals surface area contributed by atoms with Crippen LogP contribution < -0.4 is 0 Å². The number of aliphatic imine (C=N–C) groups is 1. The Kier molecular flexibility index (Phi) is 2.92. The van der Waals surface area contributed by atoms with Gasteiger partial charge >= 0.3 is 0 Å². The van der Waals surface area contributed by atoms with Crippen LogP contribution in [-0.2, 0) is 10.3 Å². The van der Waals surface area contributed by atoms with E-state index in [-0.39, 0.29) is 5.54 Å². The lowest BCUT2D eigenvalue weighted by Crippen LogP contribution is -2.06. The van der Waals surface area contributed by atoms with Crippen LogP contribution in [0.4, 0.5) is 0 Å². The molecule has 1 aliphatic rings. The fourth-order valence-corrected chi connectivity index (χ4v) is 2.60. The van der Waals surface area contributed by atoms with Crippen molar-refractivity contribution < 1.29 is 4.79 Å². The lowest BCUT2D eigenvalue weighted by Gasteiger charge is -2.15. The normalized spacial score (nSPS) is 16.7. The third-order valence-corrected chi connectivity index (χ3v) is 4.07. The maximum absolute atomic E-state index is 10.5. The molecule has 1 saturated carbocycles. The van der Waals surface area contributed by atoms with Gasteiger partial charge in [0.05, 0.1) is 5.54 Å².